The van der Waals surface area contributed by atoms with Crippen molar-refractivity contribution in [3.63, 3.8) is 0 Å². The van der Waals surface area contributed by atoms with Gasteiger partial charge in [-0.2, -0.15) is 5.26 Å². The lowest BCUT2D eigenvalue weighted by Crippen LogP contribution is -1.97. The number of hydrogen-bond donors (Lipinski definition) is 1. The van der Waals surface area contributed by atoms with Crippen LogP contribution in [0, 0.1) is 18.3 Å². The van der Waals surface area contributed by atoms with Crippen LogP contribution >= 0.6 is 0 Å². The molecule has 2 nitrogen and oxygen atoms in total. The van der Waals surface area contributed by atoms with Crippen LogP contribution in [0.25, 0.3) is 0 Å². The van der Waals surface area contributed by atoms with Gasteiger partial charge in [-0.1, -0.05) is 6.07 Å². The summed E-state index contributed by atoms with van der Waals surface area (Å²) in [4.78, 5) is 0. The predicted molar refractivity (Wildman–Crippen MR) is 54.7 cm³/mol. The average Bonchev–Trinajstić information content (AvgIpc) is 2.10. The van der Waals surface area contributed by atoms with Gasteiger partial charge in [-0.05, 0) is 37.1 Å². The molecule has 0 aliphatic heterocycles. The van der Waals surface area contributed by atoms with Crippen molar-refractivity contribution in [2.24, 2.45) is 0 Å². The molecule has 0 saturated heterocycles. The van der Waals surface area contributed by atoms with E-state index in [0.29, 0.717) is 6.42 Å². The summed E-state index contributed by atoms with van der Waals surface area (Å²) in [6.07, 6.45) is 0.498. The Bertz CT molecular complexity index is 323. The van der Waals surface area contributed by atoms with Gasteiger partial charge in [0, 0.05) is 12.2 Å². The minimum atomic E-state index is 0.498. The van der Waals surface area contributed by atoms with E-state index in [9.17, 15) is 0 Å². The monoisotopic (exact) mass is 174 g/mol. The van der Waals surface area contributed by atoms with Gasteiger partial charge in [-0.3, -0.25) is 0 Å². The minimum absolute atomic E-state index is 0.498. The van der Waals surface area contributed by atoms with Crippen molar-refractivity contribution >= 4 is 5.69 Å². The fourth-order valence-corrected chi connectivity index (χ4v) is 1.29. The first kappa shape index (κ1) is 9.60. The van der Waals surface area contributed by atoms with Crippen LogP contribution in [-0.4, -0.2) is 6.54 Å². The van der Waals surface area contributed by atoms with Crippen molar-refractivity contribution in [1.29, 1.82) is 5.26 Å². The maximum atomic E-state index is 8.55. The molecule has 0 aliphatic carbocycles. The Morgan fingerprint density at radius 1 is 1.46 bits per heavy atom. The number of nitrogens with one attached hydrogen (secondary N) is 1. The molecule has 0 aliphatic rings. The number of anilines is 1. The predicted octanol–water partition coefficient (Wildman–Crippen LogP) is 2.49. The second kappa shape index (κ2) is 4.51. The maximum absolute atomic E-state index is 8.55. The normalized spacial score (nSPS) is 9.31. The second-order valence-electron chi connectivity index (χ2n) is 3.01. The third-order valence-electron chi connectivity index (χ3n) is 1.99. The van der Waals surface area contributed by atoms with E-state index in [1.54, 1.807) is 0 Å². The Morgan fingerprint density at radius 2 is 2.23 bits per heavy atom. The lowest BCUT2D eigenvalue weighted by atomic mass is 10.1. The summed E-state index contributed by atoms with van der Waals surface area (Å²) in [5, 5.41) is 11.8. The van der Waals surface area contributed by atoms with Crippen molar-refractivity contribution in [2.75, 3.05) is 11.9 Å². The number of rotatable bonds is 3. The third-order valence-corrected chi connectivity index (χ3v) is 1.99. The molecule has 0 atom stereocenters. The van der Waals surface area contributed by atoms with Crippen LogP contribution in [0.3, 0.4) is 0 Å². The van der Waals surface area contributed by atoms with Crippen LogP contribution in [0.1, 0.15) is 18.1 Å². The van der Waals surface area contributed by atoms with E-state index in [-0.39, 0.29) is 0 Å². The number of aryl methyl sites for hydroxylation is 1. The number of hydrogen-bond acceptors (Lipinski definition) is 2. The molecule has 1 aromatic rings. The molecule has 0 aromatic heterocycles. The summed E-state index contributed by atoms with van der Waals surface area (Å²) in [5.74, 6) is 0. The molecular formula is C11H14N2. The van der Waals surface area contributed by atoms with Crippen LogP contribution in [-0.2, 0) is 6.42 Å². The molecule has 0 radical (unpaired) electrons. The van der Waals surface area contributed by atoms with Gasteiger partial charge in [0.1, 0.15) is 0 Å². The standard InChI is InChI=1S/C11H14N2/c1-3-13-11-5-4-10(6-7-12)9(2)8-11/h4-5,8,13H,3,6H2,1-2H3. The molecule has 13 heavy (non-hydrogen) atoms. The van der Waals surface area contributed by atoms with E-state index in [4.69, 9.17) is 5.26 Å². The molecule has 0 fully saturated rings. The largest absolute Gasteiger partial charge is 0.385 e. The van der Waals surface area contributed by atoms with E-state index < -0.39 is 0 Å². The molecular weight excluding hydrogens is 160 g/mol. The van der Waals surface area contributed by atoms with E-state index in [2.05, 4.69) is 24.4 Å². The SMILES string of the molecule is CCNc1ccc(CC#N)c(C)c1. The Labute approximate surface area is 79.2 Å². The van der Waals surface area contributed by atoms with Crippen LogP contribution in [0.2, 0.25) is 0 Å². The van der Waals surface area contributed by atoms with Gasteiger partial charge < -0.3 is 5.32 Å². The van der Waals surface area contributed by atoms with Gasteiger partial charge in [-0.25, -0.2) is 0 Å². The Balaban J connectivity index is 2.86. The molecule has 0 bridgehead atoms. The molecule has 0 saturated carbocycles. The molecule has 2 heteroatoms. The van der Waals surface area contributed by atoms with Crippen molar-refractivity contribution in [1.82, 2.24) is 0 Å². The summed E-state index contributed by atoms with van der Waals surface area (Å²) >= 11 is 0. The van der Waals surface area contributed by atoms with E-state index in [1.165, 1.54) is 5.56 Å². The van der Waals surface area contributed by atoms with E-state index in [1.807, 2.05) is 19.1 Å². The van der Waals surface area contributed by atoms with Crippen molar-refractivity contribution in [2.45, 2.75) is 20.3 Å². The molecule has 0 heterocycles. The molecule has 0 unspecified atom stereocenters. The zero-order chi connectivity index (χ0) is 9.68. The molecule has 68 valence electrons. The molecule has 0 amide bonds. The fourth-order valence-electron chi connectivity index (χ4n) is 1.29. The van der Waals surface area contributed by atoms with Gasteiger partial charge in [-0.15, -0.1) is 0 Å². The summed E-state index contributed by atoms with van der Waals surface area (Å²) in [6, 6.07) is 8.26. The van der Waals surface area contributed by atoms with Gasteiger partial charge in [0.15, 0.2) is 0 Å². The summed E-state index contributed by atoms with van der Waals surface area (Å²) in [7, 11) is 0. The van der Waals surface area contributed by atoms with E-state index >= 15 is 0 Å². The first-order valence-corrected chi connectivity index (χ1v) is 4.48. The van der Waals surface area contributed by atoms with Crippen molar-refractivity contribution in [3.05, 3.63) is 29.3 Å². The number of benzene rings is 1. The highest BCUT2D eigenvalue weighted by Gasteiger charge is 1.98. The Kier molecular flexibility index (Phi) is 3.33. The summed E-state index contributed by atoms with van der Waals surface area (Å²) < 4.78 is 0. The maximum Gasteiger partial charge on any atom is 0.0669 e. The fraction of sp³-hybridized carbons (Fsp3) is 0.364. The minimum Gasteiger partial charge on any atom is -0.385 e. The Hall–Kier alpha value is -1.49. The van der Waals surface area contributed by atoms with Crippen LogP contribution in [0.4, 0.5) is 5.69 Å². The highest BCUT2D eigenvalue weighted by molar-refractivity contribution is 5.48. The second-order valence-corrected chi connectivity index (χ2v) is 3.01. The molecule has 0 spiro atoms. The Morgan fingerprint density at radius 3 is 2.77 bits per heavy atom. The van der Waals surface area contributed by atoms with Gasteiger partial charge >= 0.3 is 0 Å². The van der Waals surface area contributed by atoms with Crippen molar-refractivity contribution < 1.29 is 0 Å². The summed E-state index contributed by atoms with van der Waals surface area (Å²) in [6.45, 7) is 5.03. The van der Waals surface area contributed by atoms with Crippen LogP contribution in [0.15, 0.2) is 18.2 Å². The number of nitriles is 1. The first-order valence-electron chi connectivity index (χ1n) is 4.48. The smallest absolute Gasteiger partial charge is 0.0669 e. The van der Waals surface area contributed by atoms with Gasteiger partial charge in [0.2, 0.25) is 0 Å². The third kappa shape index (κ3) is 2.48. The molecule has 1 aromatic carbocycles. The van der Waals surface area contributed by atoms with Gasteiger partial charge in [0.05, 0.1) is 12.5 Å². The first-order chi connectivity index (χ1) is 6.27. The topological polar surface area (TPSA) is 35.8 Å². The number of nitrogens with zero attached hydrogens (tertiary/aromatic N) is 1. The highest BCUT2D eigenvalue weighted by Crippen LogP contribution is 2.15. The molecule has 1 N–H and O–H groups in total. The summed E-state index contributed by atoms with van der Waals surface area (Å²) in [5.41, 5.74) is 3.42. The highest BCUT2D eigenvalue weighted by atomic mass is 14.8. The lowest BCUT2D eigenvalue weighted by molar-refractivity contribution is 1.18. The van der Waals surface area contributed by atoms with Gasteiger partial charge in [0.25, 0.3) is 0 Å². The quantitative estimate of drug-likeness (QED) is 0.764. The zero-order valence-corrected chi connectivity index (χ0v) is 8.09. The van der Waals surface area contributed by atoms with Crippen LogP contribution in [0.5, 0.6) is 0 Å². The average molecular weight is 174 g/mol. The molecule has 1 rings (SSSR count). The van der Waals surface area contributed by atoms with E-state index in [0.717, 1.165) is 17.8 Å². The van der Waals surface area contributed by atoms with Crippen LogP contribution < -0.4 is 5.32 Å². The lowest BCUT2D eigenvalue weighted by Gasteiger charge is -2.06. The zero-order valence-electron chi connectivity index (χ0n) is 8.09. The van der Waals surface area contributed by atoms with Crippen molar-refractivity contribution in [3.8, 4) is 6.07 Å².